The summed E-state index contributed by atoms with van der Waals surface area (Å²) in [6, 6.07) is 39.3. The highest BCUT2D eigenvalue weighted by atomic mass is 16.7. The lowest BCUT2D eigenvalue weighted by Crippen LogP contribution is -2.60. The zero-order valence-corrected chi connectivity index (χ0v) is 89.8. The Kier molecular flexibility index (Phi) is 78.4. The predicted molar refractivity (Wildman–Crippen MR) is 572 cm³/mol. The topological polar surface area (TPSA) is 325 Å². The highest BCUT2D eigenvalue weighted by Gasteiger charge is 2.46. The van der Waals surface area contributed by atoms with Crippen LogP contribution in [0.5, 0.6) is 0 Å². The van der Waals surface area contributed by atoms with Crippen LogP contribution < -0.4 is 10.6 Å². The fraction of sp³-hybridized carbons (Fsp3) is 0.758. The van der Waals surface area contributed by atoms with E-state index in [2.05, 4.69) is 108 Å². The highest BCUT2D eigenvalue weighted by Crippen LogP contribution is 2.37. The number of hydrogen-bond acceptors (Lipinski definition) is 19. The second-order valence-electron chi connectivity index (χ2n) is 41.1. The summed E-state index contributed by atoms with van der Waals surface area (Å²) < 4.78 is 50.6. The monoisotopic (exact) mass is 1990 g/mol. The minimum absolute atomic E-state index is 0.00756. The van der Waals surface area contributed by atoms with Crippen LogP contribution in [0.2, 0.25) is 0 Å². The molecule has 4 unspecified atom stereocenters. The van der Waals surface area contributed by atoms with Crippen molar-refractivity contribution in [2.24, 2.45) is 17.8 Å². The molecule has 0 aromatic heterocycles. The van der Waals surface area contributed by atoms with E-state index in [0.717, 1.165) is 202 Å². The van der Waals surface area contributed by atoms with E-state index in [1.807, 2.05) is 72.8 Å². The Morgan fingerprint density at radius 1 is 0.345 bits per heavy atom. The van der Waals surface area contributed by atoms with E-state index in [9.17, 15) is 54.6 Å². The number of Topliss-reactive ketones (excluding diaryl/α,β-unsaturated/α-hetero) is 1. The van der Waals surface area contributed by atoms with Gasteiger partial charge in [0.1, 0.15) is 49.0 Å². The third-order valence-corrected chi connectivity index (χ3v) is 28.6. The summed E-state index contributed by atoms with van der Waals surface area (Å²) in [5, 5.41) is 76.8. The SMILES string of the molecule is CCCCCCCC(=O)O.CCCCCCCCCCCCCC[C@@H](O)[C@@H](O)[C@H](CO[C@H]1OC(CO)[C@H](O)[C@H](O)C1O)NC(=O)CCCCCCCCCCCC(=O)CCCCCCC.CCCCCCCCCCCCCC[C@@H](OCc1ccccc1)[C@@H](OCc1ccccc1)[C@H](CO[C@H]1OC(COCc2ccccc2)[C@H](C)[C@H](C)C1C)NC(=O)CCCCCCCCCCCC(=O)OCc1ccccc1. The number of unbranched alkanes of at least 4 members (excludes halogenated alkanes) is 46. The van der Waals surface area contributed by atoms with E-state index in [-0.39, 0.29) is 61.5 Å². The van der Waals surface area contributed by atoms with Crippen LogP contribution in [0, 0.1) is 17.8 Å². The molecule has 6 rings (SSSR count). The molecule has 16 atom stereocenters. The lowest BCUT2D eigenvalue weighted by molar-refractivity contribution is -0.303. The fourth-order valence-corrected chi connectivity index (χ4v) is 18.9. The molecule has 2 amide bonds. The third kappa shape index (κ3) is 63.6. The number of nitrogens with one attached hydrogen (secondary N) is 2. The van der Waals surface area contributed by atoms with Crippen molar-refractivity contribution in [1.82, 2.24) is 10.6 Å². The van der Waals surface area contributed by atoms with Gasteiger partial charge in [0.2, 0.25) is 11.8 Å². The summed E-state index contributed by atoms with van der Waals surface area (Å²) in [6.07, 6.45) is 52.6. The first-order chi connectivity index (χ1) is 69.2. The molecule has 0 radical (unpaired) electrons. The number of hydrogen-bond donors (Lipinski definition) is 9. The molecule has 0 aliphatic carbocycles. The molecule has 2 saturated heterocycles. The van der Waals surface area contributed by atoms with Crippen molar-refractivity contribution in [3.8, 4) is 0 Å². The van der Waals surface area contributed by atoms with Crippen molar-refractivity contribution >= 4 is 29.5 Å². The number of rotatable bonds is 87. The number of esters is 1. The average Bonchev–Trinajstić information content (AvgIpc) is 0.816. The van der Waals surface area contributed by atoms with Gasteiger partial charge in [0.25, 0.3) is 0 Å². The number of ether oxygens (including phenoxy) is 8. The van der Waals surface area contributed by atoms with Crippen LogP contribution in [0.25, 0.3) is 0 Å². The van der Waals surface area contributed by atoms with Crippen LogP contribution in [0.3, 0.4) is 0 Å². The number of carboxylic acid groups (broad SMARTS) is 1. The van der Waals surface area contributed by atoms with Gasteiger partial charge >= 0.3 is 11.9 Å². The largest absolute Gasteiger partial charge is 0.481 e. The van der Waals surface area contributed by atoms with Gasteiger partial charge in [-0.2, -0.15) is 0 Å². The summed E-state index contributed by atoms with van der Waals surface area (Å²) in [5.41, 5.74) is 4.33. The van der Waals surface area contributed by atoms with Crippen molar-refractivity contribution in [3.63, 3.8) is 0 Å². The first-order valence-electron chi connectivity index (χ1n) is 57.2. The van der Waals surface area contributed by atoms with Crippen LogP contribution in [0.4, 0.5) is 0 Å². The Bertz CT molecular complexity index is 3590. The molecule has 2 aliphatic rings. The Morgan fingerprint density at radius 2 is 0.683 bits per heavy atom. The zero-order chi connectivity index (χ0) is 103. The van der Waals surface area contributed by atoms with Gasteiger partial charge in [0.15, 0.2) is 12.6 Å². The summed E-state index contributed by atoms with van der Waals surface area (Å²) in [4.78, 5) is 61.5. The molecule has 0 spiro atoms. The Hall–Kier alpha value is -6.09. The number of carbonyl (C=O) groups excluding carboxylic acids is 4. The molecule has 4 aromatic carbocycles. The van der Waals surface area contributed by atoms with E-state index < -0.39 is 80.0 Å². The highest BCUT2D eigenvalue weighted by molar-refractivity contribution is 5.78. The molecule has 4 aromatic rings. The van der Waals surface area contributed by atoms with E-state index in [0.29, 0.717) is 83.3 Å². The molecule has 9 N–H and O–H groups in total. The lowest BCUT2D eigenvalue weighted by Gasteiger charge is -2.44. The molecule has 22 nitrogen and oxygen atoms in total. The van der Waals surface area contributed by atoms with Gasteiger partial charge in [0.05, 0.1) is 76.6 Å². The Labute approximate surface area is 860 Å². The van der Waals surface area contributed by atoms with Crippen LogP contribution >= 0.6 is 0 Å². The average molecular weight is 1990 g/mol. The molecular weight excluding hydrogens is 1790 g/mol. The first-order valence-corrected chi connectivity index (χ1v) is 57.2. The number of carboxylic acids is 1. The lowest BCUT2D eigenvalue weighted by atomic mass is 9.79. The van der Waals surface area contributed by atoms with E-state index in [1.54, 1.807) is 0 Å². The number of benzene rings is 4. The molecule has 0 bridgehead atoms. The van der Waals surface area contributed by atoms with Crippen molar-refractivity contribution < 1.29 is 97.6 Å². The van der Waals surface area contributed by atoms with Crippen LogP contribution in [-0.4, -0.2) is 171 Å². The van der Waals surface area contributed by atoms with Gasteiger partial charge in [0, 0.05) is 44.4 Å². The van der Waals surface area contributed by atoms with E-state index in [4.69, 9.17) is 43.0 Å². The second kappa shape index (κ2) is 86.8. The smallest absolute Gasteiger partial charge is 0.306 e. The van der Waals surface area contributed by atoms with Crippen LogP contribution in [-0.2, 0) is 88.3 Å². The standard InChI is InChI=1S/C68H101NO8.C44H85NO10.C8H16O2/c1-5-6-7-8-9-10-11-12-14-17-20-35-46-63(73-50-59-40-29-24-30-41-59)67(75-52-61-44-33-26-34-45-61)62(53-76-68-57(4)55(2)56(3)64(77-68)54-72-49-58-38-27-23-28-39-58)69-65(70)47-36-21-18-15-13-16-19-22-37-48-66(71)74-51-60-42-31-25-32-43-60;1-3-5-7-9-10-11-12-13-16-19-23-27-31-37(48)40(50)36(34-54-44-43(53)42(52)41(51)38(33-46)55-44)45-39(49)32-28-24-20-17-14-15-18-22-26-30-35(47)29-25-21-8-6-4-2;1-2-3-4-5-6-7-8(9)10/h23-34,38-45,55-57,62-64,67-68H,5-22,35-37,46-54H2,1-4H3,(H,69,70);36-38,40-44,46,48,50-53H,3-34H2,1-2H3,(H,45,49);2-7H2,1H3,(H,9,10)/t55-,56+,57?,62-,63+,64?,67-,68-;36-,37+,38?,40-,41-,42-,43?,44-;/m00./s1. The quantitative estimate of drug-likeness (QED) is 0.0146. The summed E-state index contributed by atoms with van der Waals surface area (Å²) in [5.74, 6) is 0.0662. The van der Waals surface area contributed by atoms with Gasteiger partial charge in [-0.3, -0.25) is 24.0 Å². The maximum atomic E-state index is 14.3. The van der Waals surface area contributed by atoms with Crippen molar-refractivity contribution in [3.05, 3.63) is 144 Å². The number of aliphatic hydroxyl groups is 6. The van der Waals surface area contributed by atoms with Gasteiger partial charge < -0.3 is 84.3 Å². The Morgan fingerprint density at radius 3 is 1.10 bits per heavy atom. The molecule has 2 aliphatic heterocycles. The maximum absolute atomic E-state index is 14.3. The van der Waals surface area contributed by atoms with Gasteiger partial charge in [-0.05, 0) is 85.5 Å². The molecule has 2 heterocycles. The minimum Gasteiger partial charge on any atom is -0.481 e. The Balaban J connectivity index is 0.000000564. The number of amides is 2. The second-order valence-corrected chi connectivity index (χ2v) is 41.1. The predicted octanol–water partition coefficient (Wildman–Crippen LogP) is 26.4. The normalized spacial score (nSPS) is 19.2. The molecule has 22 heteroatoms. The number of aliphatic carboxylic acids is 1. The summed E-state index contributed by atoms with van der Waals surface area (Å²) in [7, 11) is 0. The third-order valence-electron chi connectivity index (χ3n) is 28.6. The minimum atomic E-state index is -1.62. The first kappa shape index (κ1) is 128. The van der Waals surface area contributed by atoms with E-state index in [1.165, 1.54) is 161 Å². The number of aliphatic hydroxyl groups excluding tert-OH is 6. The van der Waals surface area contributed by atoms with Crippen LogP contribution in [0.1, 0.15) is 456 Å². The summed E-state index contributed by atoms with van der Waals surface area (Å²) in [6.45, 7) is 17.1. The van der Waals surface area contributed by atoms with Crippen molar-refractivity contribution in [1.29, 1.82) is 0 Å². The fourth-order valence-electron chi connectivity index (χ4n) is 18.9. The molecule has 142 heavy (non-hydrogen) atoms. The number of ketones is 1. The van der Waals surface area contributed by atoms with Gasteiger partial charge in [-0.15, -0.1) is 0 Å². The van der Waals surface area contributed by atoms with E-state index >= 15 is 0 Å². The molecule has 2 fully saturated rings. The molecule has 812 valence electrons. The molecule has 0 saturated carbocycles. The van der Waals surface area contributed by atoms with Gasteiger partial charge in [-0.1, -0.05) is 465 Å². The maximum Gasteiger partial charge on any atom is 0.306 e. The van der Waals surface area contributed by atoms with Crippen molar-refractivity contribution in [2.45, 2.75) is 540 Å². The van der Waals surface area contributed by atoms with Crippen LogP contribution in [0.15, 0.2) is 121 Å². The number of carbonyl (C=O) groups is 5. The van der Waals surface area contributed by atoms with Crippen molar-refractivity contribution in [2.75, 3.05) is 26.4 Å². The molecular formula is C120H202N2O20. The van der Waals surface area contributed by atoms with Gasteiger partial charge in [-0.25, -0.2) is 0 Å². The zero-order valence-electron chi connectivity index (χ0n) is 89.8. The summed E-state index contributed by atoms with van der Waals surface area (Å²) >= 11 is 0.